The van der Waals surface area contributed by atoms with Crippen LogP contribution in [0.25, 0.3) is 11.4 Å². The van der Waals surface area contributed by atoms with Gasteiger partial charge in [-0.1, -0.05) is 5.16 Å². The van der Waals surface area contributed by atoms with E-state index in [2.05, 4.69) is 20.4 Å². The lowest BCUT2D eigenvalue weighted by Gasteiger charge is -2.29. The summed E-state index contributed by atoms with van der Waals surface area (Å²) in [6, 6.07) is 2.46. The largest absolute Gasteiger partial charge is 0.361 e. The zero-order chi connectivity index (χ0) is 20.5. The monoisotopic (exact) mass is 396 g/mol. The molecule has 0 spiro atoms. The molecule has 0 radical (unpaired) electrons. The van der Waals surface area contributed by atoms with Crippen molar-refractivity contribution in [2.24, 2.45) is 0 Å². The summed E-state index contributed by atoms with van der Waals surface area (Å²) in [5, 5.41) is 6.05. The Morgan fingerprint density at radius 1 is 1.24 bits per heavy atom. The predicted octanol–water partition coefficient (Wildman–Crippen LogP) is -0.379. The topological polar surface area (TPSA) is 139 Å². The van der Waals surface area contributed by atoms with Gasteiger partial charge in [0.2, 0.25) is 23.5 Å². The third kappa shape index (κ3) is 3.49. The summed E-state index contributed by atoms with van der Waals surface area (Å²) in [6.45, 7) is 0.0894. The van der Waals surface area contributed by atoms with Gasteiger partial charge in [-0.3, -0.25) is 34.4 Å². The number of carbonyl (C=O) groups is 4. The van der Waals surface area contributed by atoms with Crippen LogP contribution in [0, 0.1) is 0 Å². The Hall–Kier alpha value is -3.89. The van der Waals surface area contributed by atoms with Crippen LogP contribution in [-0.2, 0) is 25.7 Å². The number of hydrogen-bond donors (Lipinski definition) is 1. The summed E-state index contributed by atoms with van der Waals surface area (Å²) in [5.41, 5.74) is 0.830. The van der Waals surface area contributed by atoms with E-state index < -0.39 is 29.7 Å². The first kappa shape index (κ1) is 18.5. The van der Waals surface area contributed by atoms with Crippen molar-refractivity contribution in [2.45, 2.75) is 25.4 Å². The number of likely N-dealkylation sites (N-methyl/N-ethyl adjacent to an activating group) is 1. The molecule has 2 aliphatic rings. The smallest absolute Gasteiger partial charge is 0.277 e. The van der Waals surface area contributed by atoms with Crippen molar-refractivity contribution in [3.63, 3.8) is 0 Å². The molecule has 1 N–H and O–H groups in total. The molecule has 4 rings (SSSR count). The molecular weight excluding hydrogens is 380 g/mol. The SMILES string of the molecule is CN(Cc1nc(-c2ccncc2)no1)C1=CC(=O)N(C2CCC(=O)NC2=O)C1=O. The summed E-state index contributed by atoms with van der Waals surface area (Å²) >= 11 is 0. The van der Waals surface area contributed by atoms with Crippen molar-refractivity contribution in [1.29, 1.82) is 0 Å². The Morgan fingerprint density at radius 2 is 2.00 bits per heavy atom. The quantitative estimate of drug-likeness (QED) is 0.670. The number of aromatic nitrogens is 3. The van der Waals surface area contributed by atoms with Crippen LogP contribution >= 0.6 is 0 Å². The number of amides is 4. The molecule has 4 heterocycles. The van der Waals surface area contributed by atoms with Crippen LogP contribution in [0.2, 0.25) is 0 Å². The maximum Gasteiger partial charge on any atom is 0.277 e. The molecule has 148 valence electrons. The molecule has 2 aliphatic heterocycles. The third-order valence-corrected chi connectivity index (χ3v) is 4.65. The average molecular weight is 396 g/mol. The summed E-state index contributed by atoms with van der Waals surface area (Å²) < 4.78 is 5.22. The second-order valence-electron chi connectivity index (χ2n) is 6.61. The zero-order valence-corrected chi connectivity index (χ0v) is 15.4. The van der Waals surface area contributed by atoms with Crippen molar-refractivity contribution in [3.05, 3.63) is 42.2 Å². The van der Waals surface area contributed by atoms with Crippen molar-refractivity contribution < 1.29 is 23.7 Å². The number of hydrogen-bond acceptors (Lipinski definition) is 9. The number of carbonyl (C=O) groups excluding carboxylic acids is 4. The molecule has 1 atom stereocenters. The maximum atomic E-state index is 12.8. The molecule has 1 saturated heterocycles. The van der Waals surface area contributed by atoms with Crippen LogP contribution in [0.15, 0.2) is 40.8 Å². The number of pyridine rings is 1. The minimum atomic E-state index is -1.00. The fourth-order valence-corrected chi connectivity index (χ4v) is 3.19. The van der Waals surface area contributed by atoms with Crippen LogP contribution in [-0.4, -0.2) is 61.6 Å². The normalized spacial score (nSPS) is 19.4. The van der Waals surface area contributed by atoms with Crippen LogP contribution < -0.4 is 5.32 Å². The lowest BCUT2D eigenvalue weighted by molar-refractivity contribution is -0.150. The average Bonchev–Trinajstić information content (AvgIpc) is 3.28. The number of piperidine rings is 1. The van der Waals surface area contributed by atoms with Gasteiger partial charge in [0.25, 0.3) is 11.8 Å². The highest BCUT2D eigenvalue weighted by Gasteiger charge is 2.43. The van der Waals surface area contributed by atoms with Gasteiger partial charge in [-0.15, -0.1) is 0 Å². The third-order valence-electron chi connectivity index (χ3n) is 4.65. The number of rotatable bonds is 5. The Balaban J connectivity index is 1.46. The fraction of sp³-hybridized carbons (Fsp3) is 0.278. The molecule has 1 fully saturated rings. The Labute approximate surface area is 164 Å². The van der Waals surface area contributed by atoms with E-state index in [9.17, 15) is 19.2 Å². The molecule has 0 aliphatic carbocycles. The first-order chi connectivity index (χ1) is 13.9. The zero-order valence-electron chi connectivity index (χ0n) is 15.4. The first-order valence-corrected chi connectivity index (χ1v) is 8.81. The van der Waals surface area contributed by atoms with E-state index in [1.807, 2.05) is 0 Å². The second kappa shape index (κ2) is 7.26. The number of nitrogens with zero attached hydrogens (tertiary/aromatic N) is 5. The first-order valence-electron chi connectivity index (χ1n) is 8.81. The van der Waals surface area contributed by atoms with Crippen LogP contribution in [0.5, 0.6) is 0 Å². The van der Waals surface area contributed by atoms with Crippen molar-refractivity contribution in [2.75, 3.05) is 7.05 Å². The van der Waals surface area contributed by atoms with Crippen molar-refractivity contribution in [1.82, 2.24) is 30.2 Å². The molecule has 11 nitrogen and oxygen atoms in total. The van der Waals surface area contributed by atoms with Gasteiger partial charge >= 0.3 is 0 Å². The molecule has 4 amide bonds. The van der Waals surface area contributed by atoms with Gasteiger partial charge in [0.15, 0.2) is 0 Å². The summed E-state index contributed by atoms with van der Waals surface area (Å²) in [5.74, 6) is -1.66. The van der Waals surface area contributed by atoms with E-state index in [0.29, 0.717) is 5.82 Å². The van der Waals surface area contributed by atoms with E-state index in [-0.39, 0.29) is 31.0 Å². The van der Waals surface area contributed by atoms with E-state index in [1.165, 1.54) is 4.90 Å². The van der Waals surface area contributed by atoms with Gasteiger partial charge in [-0.2, -0.15) is 4.98 Å². The fourth-order valence-electron chi connectivity index (χ4n) is 3.19. The Kier molecular flexibility index (Phi) is 4.63. The molecule has 0 aromatic carbocycles. The second-order valence-corrected chi connectivity index (χ2v) is 6.61. The maximum absolute atomic E-state index is 12.8. The lowest BCUT2D eigenvalue weighted by atomic mass is 10.0. The van der Waals surface area contributed by atoms with Gasteiger partial charge in [-0.05, 0) is 18.6 Å². The summed E-state index contributed by atoms with van der Waals surface area (Å²) in [4.78, 5) is 59.0. The molecular formula is C18H16N6O5. The molecule has 2 aromatic rings. The standard InChI is InChI=1S/C18H16N6O5/c1-23(9-14-21-16(22-29-14)10-4-6-19-7-5-10)12-8-15(26)24(18(12)28)11-2-3-13(25)20-17(11)27/h4-8,11H,2-3,9H2,1H3,(H,20,25,27). The van der Waals surface area contributed by atoms with E-state index in [0.717, 1.165) is 16.5 Å². The van der Waals surface area contributed by atoms with Gasteiger partial charge < -0.3 is 9.42 Å². The Morgan fingerprint density at radius 3 is 2.72 bits per heavy atom. The minimum Gasteiger partial charge on any atom is -0.361 e. The highest BCUT2D eigenvalue weighted by Crippen LogP contribution is 2.24. The molecule has 11 heteroatoms. The van der Waals surface area contributed by atoms with Crippen LogP contribution in [0.1, 0.15) is 18.7 Å². The van der Waals surface area contributed by atoms with E-state index >= 15 is 0 Å². The lowest BCUT2D eigenvalue weighted by Crippen LogP contribution is -2.54. The van der Waals surface area contributed by atoms with Crippen molar-refractivity contribution >= 4 is 23.6 Å². The van der Waals surface area contributed by atoms with Gasteiger partial charge in [0.05, 0.1) is 6.54 Å². The summed E-state index contributed by atoms with van der Waals surface area (Å²) in [6.07, 6.45) is 4.54. The predicted molar refractivity (Wildman–Crippen MR) is 95.1 cm³/mol. The van der Waals surface area contributed by atoms with Gasteiger partial charge in [-0.25, -0.2) is 0 Å². The summed E-state index contributed by atoms with van der Waals surface area (Å²) in [7, 11) is 1.60. The highest BCUT2D eigenvalue weighted by molar-refractivity contribution is 6.18. The van der Waals surface area contributed by atoms with E-state index in [1.54, 1.807) is 31.6 Å². The Bertz CT molecular complexity index is 1030. The molecule has 0 bridgehead atoms. The van der Waals surface area contributed by atoms with Gasteiger partial charge in [0, 0.05) is 37.5 Å². The molecule has 1 unspecified atom stereocenters. The molecule has 29 heavy (non-hydrogen) atoms. The highest BCUT2D eigenvalue weighted by atomic mass is 16.5. The van der Waals surface area contributed by atoms with Gasteiger partial charge in [0.1, 0.15) is 11.7 Å². The van der Waals surface area contributed by atoms with Crippen LogP contribution in [0.3, 0.4) is 0 Å². The minimum absolute atomic E-state index is 0.0679. The van der Waals surface area contributed by atoms with E-state index in [4.69, 9.17) is 4.52 Å². The number of imide groups is 2. The molecule has 2 aromatic heterocycles. The van der Waals surface area contributed by atoms with Crippen LogP contribution in [0.4, 0.5) is 0 Å². The number of nitrogens with one attached hydrogen (secondary N) is 1. The van der Waals surface area contributed by atoms with Crippen molar-refractivity contribution in [3.8, 4) is 11.4 Å². The molecule has 0 saturated carbocycles.